The zero-order valence-corrected chi connectivity index (χ0v) is 17.3. The van der Waals surface area contributed by atoms with E-state index in [1.54, 1.807) is 0 Å². The van der Waals surface area contributed by atoms with Crippen LogP contribution in [0.15, 0.2) is 58.6 Å². The zero-order chi connectivity index (χ0) is 23.9. The van der Waals surface area contributed by atoms with Crippen LogP contribution in [0.25, 0.3) is 5.69 Å². The molecule has 3 rings (SSSR count). The fourth-order valence-electron chi connectivity index (χ4n) is 2.73. The molecule has 0 bridgehead atoms. The Morgan fingerprint density at radius 1 is 1.09 bits per heavy atom. The minimum absolute atomic E-state index is 0.0177. The fourth-order valence-corrected chi connectivity index (χ4v) is 3.98. The van der Waals surface area contributed by atoms with Crippen molar-refractivity contribution in [2.75, 3.05) is 4.72 Å². The molecule has 3 aromatic rings. The van der Waals surface area contributed by atoms with Crippen molar-refractivity contribution in [3.05, 3.63) is 65.0 Å². The largest absolute Gasteiger partial charge is 0.501 e. The average Bonchev–Trinajstić information content (AvgIpc) is 2.94. The monoisotopic (exact) mass is 493 g/mol. The summed E-state index contributed by atoms with van der Waals surface area (Å²) in [7, 11) is -9.71. The minimum Gasteiger partial charge on any atom is -0.493 e. The summed E-state index contributed by atoms with van der Waals surface area (Å²) in [6, 6.07) is 4.54. The summed E-state index contributed by atoms with van der Waals surface area (Å²) in [6.45, 7) is -0.236. The molecule has 172 valence electrons. The Labute approximate surface area is 178 Å². The molecule has 2 aromatic heterocycles. The summed E-state index contributed by atoms with van der Waals surface area (Å²) in [4.78, 5) is 15.4. The Balaban J connectivity index is 1.98. The molecule has 1 aromatic carbocycles. The van der Waals surface area contributed by atoms with E-state index in [-0.39, 0.29) is 23.5 Å². The summed E-state index contributed by atoms with van der Waals surface area (Å²) in [5, 5.41) is 15.1. The number of benzene rings is 1. The normalized spacial score (nSPS) is 12.6. The summed E-state index contributed by atoms with van der Waals surface area (Å²) in [5.41, 5.74) is -6.20. The molecule has 4 N–H and O–H groups in total. The number of hydrogen-bond acceptors (Lipinski definition) is 7. The molecule has 0 saturated carbocycles. The predicted molar refractivity (Wildman–Crippen MR) is 105 cm³/mol. The number of sulfone groups is 1. The molecule has 0 aliphatic rings. The number of nitrogens with one attached hydrogen (secondary N) is 1. The van der Waals surface area contributed by atoms with E-state index in [4.69, 9.17) is 5.14 Å². The number of hydrogen-bond donors (Lipinski definition) is 3. The van der Waals surface area contributed by atoms with Gasteiger partial charge in [-0.1, -0.05) is 0 Å². The first-order valence-electron chi connectivity index (χ1n) is 8.37. The van der Waals surface area contributed by atoms with E-state index in [1.807, 2.05) is 4.72 Å². The SMILES string of the molecule is NS(=O)(=O)Nc1cnccc1Cn1cc(O)n(-c2ccc(S(=O)(=O)C(F)(F)F)cc2)c1=O. The van der Waals surface area contributed by atoms with Crippen LogP contribution in [0.4, 0.5) is 18.9 Å². The van der Waals surface area contributed by atoms with Crippen molar-refractivity contribution in [3.63, 3.8) is 0 Å². The van der Waals surface area contributed by atoms with Gasteiger partial charge in [-0.25, -0.2) is 22.9 Å². The maximum atomic E-state index is 12.7. The van der Waals surface area contributed by atoms with Crippen LogP contribution in [-0.2, 0) is 26.6 Å². The van der Waals surface area contributed by atoms with Crippen molar-refractivity contribution < 1.29 is 35.1 Å². The van der Waals surface area contributed by atoms with Gasteiger partial charge in [-0.05, 0) is 35.9 Å². The van der Waals surface area contributed by atoms with E-state index in [2.05, 4.69) is 4.98 Å². The number of pyridine rings is 1. The van der Waals surface area contributed by atoms with Crippen LogP contribution in [0.2, 0.25) is 0 Å². The first-order chi connectivity index (χ1) is 14.7. The number of anilines is 1. The maximum absolute atomic E-state index is 12.7. The van der Waals surface area contributed by atoms with Crippen molar-refractivity contribution in [2.24, 2.45) is 5.14 Å². The maximum Gasteiger partial charge on any atom is 0.501 e. The molecule has 11 nitrogen and oxygen atoms in total. The van der Waals surface area contributed by atoms with Gasteiger partial charge in [0.25, 0.3) is 20.0 Å². The molecule has 0 aliphatic heterocycles. The number of aromatic nitrogens is 3. The topological polar surface area (TPSA) is 166 Å². The number of rotatable bonds is 6. The van der Waals surface area contributed by atoms with Gasteiger partial charge >= 0.3 is 11.2 Å². The lowest BCUT2D eigenvalue weighted by molar-refractivity contribution is -0.0436. The smallest absolute Gasteiger partial charge is 0.493 e. The molecule has 0 spiro atoms. The Morgan fingerprint density at radius 2 is 1.72 bits per heavy atom. The molecule has 0 amide bonds. The molecule has 32 heavy (non-hydrogen) atoms. The summed E-state index contributed by atoms with van der Waals surface area (Å²) in [5.74, 6) is -0.601. The van der Waals surface area contributed by atoms with Crippen molar-refractivity contribution in [1.82, 2.24) is 14.1 Å². The molecule has 0 saturated heterocycles. The van der Waals surface area contributed by atoms with E-state index >= 15 is 0 Å². The van der Waals surface area contributed by atoms with Gasteiger partial charge in [0.1, 0.15) is 0 Å². The van der Waals surface area contributed by atoms with Gasteiger partial charge in [0.05, 0.1) is 35.2 Å². The molecule has 0 atom stereocenters. The zero-order valence-electron chi connectivity index (χ0n) is 15.7. The summed E-state index contributed by atoms with van der Waals surface area (Å²) < 4.78 is 87.3. The van der Waals surface area contributed by atoms with Crippen LogP contribution in [0, 0.1) is 0 Å². The molecular weight excluding hydrogens is 479 g/mol. The number of aromatic hydroxyl groups is 1. The third kappa shape index (κ3) is 4.61. The van der Waals surface area contributed by atoms with Gasteiger partial charge in [0.15, 0.2) is 0 Å². The van der Waals surface area contributed by atoms with E-state index in [0.717, 1.165) is 33.7 Å². The average molecular weight is 493 g/mol. The van der Waals surface area contributed by atoms with Gasteiger partial charge in [0, 0.05) is 6.20 Å². The molecule has 0 aliphatic carbocycles. The summed E-state index contributed by atoms with van der Waals surface area (Å²) >= 11 is 0. The van der Waals surface area contributed by atoms with Gasteiger partial charge < -0.3 is 5.11 Å². The predicted octanol–water partition coefficient (Wildman–Crippen LogP) is 0.697. The van der Waals surface area contributed by atoms with Crippen LogP contribution in [-0.4, -0.2) is 41.6 Å². The van der Waals surface area contributed by atoms with Gasteiger partial charge in [-0.2, -0.15) is 21.6 Å². The van der Waals surface area contributed by atoms with Crippen molar-refractivity contribution in [3.8, 4) is 11.6 Å². The third-order valence-corrected chi connectivity index (χ3v) is 6.16. The van der Waals surface area contributed by atoms with Crippen molar-refractivity contribution in [1.29, 1.82) is 0 Å². The van der Waals surface area contributed by atoms with Crippen LogP contribution >= 0.6 is 0 Å². The van der Waals surface area contributed by atoms with E-state index in [0.29, 0.717) is 12.1 Å². The first-order valence-corrected chi connectivity index (χ1v) is 11.4. The second-order valence-corrected chi connectivity index (χ2v) is 9.59. The number of halogens is 3. The lowest BCUT2D eigenvalue weighted by Crippen LogP contribution is -2.26. The van der Waals surface area contributed by atoms with E-state index in [1.165, 1.54) is 12.3 Å². The highest BCUT2D eigenvalue weighted by molar-refractivity contribution is 7.92. The lowest BCUT2D eigenvalue weighted by atomic mass is 10.2. The molecule has 16 heteroatoms. The molecule has 2 heterocycles. The highest BCUT2D eigenvalue weighted by atomic mass is 32.2. The van der Waals surface area contributed by atoms with E-state index in [9.17, 15) is 39.9 Å². The molecule has 0 fully saturated rings. The van der Waals surface area contributed by atoms with Gasteiger partial charge in [0.2, 0.25) is 5.88 Å². The van der Waals surface area contributed by atoms with Gasteiger partial charge in [-0.3, -0.25) is 14.3 Å². The van der Waals surface area contributed by atoms with Crippen LogP contribution < -0.4 is 15.6 Å². The number of nitrogens with two attached hydrogens (primary N) is 1. The Hall–Kier alpha value is -3.37. The van der Waals surface area contributed by atoms with Crippen LogP contribution in [0.5, 0.6) is 5.88 Å². The van der Waals surface area contributed by atoms with Crippen LogP contribution in [0.3, 0.4) is 0 Å². The Morgan fingerprint density at radius 3 is 2.28 bits per heavy atom. The van der Waals surface area contributed by atoms with E-state index < -0.39 is 42.0 Å². The molecule has 0 radical (unpaired) electrons. The number of imidazole rings is 1. The van der Waals surface area contributed by atoms with Crippen molar-refractivity contribution in [2.45, 2.75) is 16.9 Å². The number of alkyl halides is 3. The highest BCUT2D eigenvalue weighted by Gasteiger charge is 2.46. The third-order valence-electron chi connectivity index (χ3n) is 4.15. The Bertz CT molecular complexity index is 1430. The quantitative estimate of drug-likeness (QED) is 0.454. The number of nitrogens with zero attached hydrogens (tertiary/aromatic N) is 3. The minimum atomic E-state index is -5.58. The second kappa shape index (κ2) is 7.95. The van der Waals surface area contributed by atoms with Crippen LogP contribution in [0.1, 0.15) is 5.56 Å². The van der Waals surface area contributed by atoms with Crippen molar-refractivity contribution >= 4 is 25.7 Å². The summed E-state index contributed by atoms with van der Waals surface area (Å²) in [6.07, 6.45) is 3.48. The standard InChI is InChI=1S/C16H14F3N5O6S2/c17-16(18,19)31(27,28)12-3-1-11(2-4-12)24-14(25)9-23(15(24)26)8-10-5-6-21-7-13(10)22-32(20,29)30/h1-7,9,22,25H,8H2,(H2,20,29,30). The first kappa shape index (κ1) is 23.3. The second-order valence-electron chi connectivity index (χ2n) is 6.36. The highest BCUT2D eigenvalue weighted by Crippen LogP contribution is 2.30. The Kier molecular flexibility index (Phi) is 5.79. The van der Waals surface area contributed by atoms with Gasteiger partial charge in [-0.15, -0.1) is 0 Å². The lowest BCUT2D eigenvalue weighted by Gasteiger charge is -2.10. The fraction of sp³-hybridized carbons (Fsp3) is 0.125. The molecular formula is C16H14F3N5O6S2. The molecule has 0 unspecified atom stereocenters.